The lowest BCUT2D eigenvalue weighted by molar-refractivity contribution is -0.0815. The van der Waals surface area contributed by atoms with Crippen molar-refractivity contribution in [3.8, 4) is 0 Å². The van der Waals surface area contributed by atoms with Crippen molar-refractivity contribution < 1.29 is 37.6 Å². The Hall–Kier alpha value is -0.290. The molecule has 9 heteroatoms. The Morgan fingerprint density at radius 1 is 1.14 bits per heavy atom. The van der Waals surface area contributed by atoms with Crippen LogP contribution in [0.4, 0.5) is 0 Å². The van der Waals surface area contributed by atoms with Crippen LogP contribution in [-0.2, 0) is 14.6 Å². The van der Waals surface area contributed by atoms with Gasteiger partial charge in [-0.25, -0.2) is 4.18 Å². The van der Waals surface area contributed by atoms with Crippen molar-refractivity contribution in [3.63, 3.8) is 0 Å². The van der Waals surface area contributed by atoms with Crippen molar-refractivity contribution in [2.75, 3.05) is 13.2 Å². The number of hydrogen-bond donors (Lipinski definition) is 5. The molecule has 0 bridgehead atoms. The third-order valence-corrected chi connectivity index (χ3v) is 1.88. The minimum absolute atomic E-state index is 0.841. The maximum Gasteiger partial charge on any atom is 0.397 e. The molecule has 0 saturated carbocycles. The molecule has 0 aliphatic heterocycles. The first kappa shape index (κ1) is 13.7. The maximum absolute atomic E-state index is 10.2. The van der Waals surface area contributed by atoms with Gasteiger partial charge in [0.05, 0.1) is 13.2 Å². The minimum Gasteiger partial charge on any atom is -0.394 e. The van der Waals surface area contributed by atoms with E-state index in [0.717, 1.165) is 0 Å². The van der Waals surface area contributed by atoms with Crippen LogP contribution in [-0.4, -0.2) is 64.9 Å². The van der Waals surface area contributed by atoms with Gasteiger partial charge < -0.3 is 20.4 Å². The third-order valence-electron chi connectivity index (χ3n) is 1.39. The van der Waals surface area contributed by atoms with Crippen molar-refractivity contribution in [1.29, 1.82) is 0 Å². The van der Waals surface area contributed by atoms with E-state index in [4.69, 9.17) is 25.0 Å². The van der Waals surface area contributed by atoms with E-state index in [1.54, 1.807) is 0 Å². The van der Waals surface area contributed by atoms with Crippen LogP contribution in [0.1, 0.15) is 0 Å². The first-order chi connectivity index (χ1) is 6.31. The zero-order chi connectivity index (χ0) is 11.4. The predicted octanol–water partition coefficient (Wildman–Crippen LogP) is -3.12. The van der Waals surface area contributed by atoms with Gasteiger partial charge in [-0.05, 0) is 0 Å². The molecule has 0 heterocycles. The molecule has 0 radical (unpaired) electrons. The van der Waals surface area contributed by atoms with E-state index in [1.807, 2.05) is 0 Å². The second kappa shape index (κ2) is 5.56. The second-order valence-corrected chi connectivity index (χ2v) is 3.53. The highest BCUT2D eigenvalue weighted by Gasteiger charge is 2.29. The molecule has 14 heavy (non-hydrogen) atoms. The number of aliphatic hydroxyl groups is 4. The fourth-order valence-electron chi connectivity index (χ4n) is 0.707. The Morgan fingerprint density at radius 2 is 1.64 bits per heavy atom. The molecule has 0 aliphatic carbocycles. The third kappa shape index (κ3) is 4.81. The van der Waals surface area contributed by atoms with Crippen LogP contribution in [0.5, 0.6) is 0 Å². The highest BCUT2D eigenvalue weighted by Crippen LogP contribution is 2.06. The molecule has 0 aromatic rings. The molecule has 0 aromatic heterocycles. The molecule has 0 amide bonds. The predicted molar refractivity (Wildman–Crippen MR) is 42.6 cm³/mol. The summed E-state index contributed by atoms with van der Waals surface area (Å²) in [5.41, 5.74) is 0. The maximum atomic E-state index is 10.2. The molecule has 3 atom stereocenters. The molecule has 5 N–H and O–H groups in total. The second-order valence-electron chi connectivity index (χ2n) is 2.49. The molecule has 8 nitrogen and oxygen atoms in total. The number of aliphatic hydroxyl groups excluding tert-OH is 4. The lowest BCUT2D eigenvalue weighted by atomic mass is 10.1. The van der Waals surface area contributed by atoms with Crippen molar-refractivity contribution in [1.82, 2.24) is 0 Å². The lowest BCUT2D eigenvalue weighted by Gasteiger charge is -2.22. The van der Waals surface area contributed by atoms with E-state index < -0.39 is 41.9 Å². The Labute approximate surface area is 80.3 Å². The average molecular weight is 232 g/mol. The van der Waals surface area contributed by atoms with Gasteiger partial charge >= 0.3 is 10.4 Å². The monoisotopic (exact) mass is 232 g/mol. The summed E-state index contributed by atoms with van der Waals surface area (Å²) in [5, 5.41) is 34.9. The summed E-state index contributed by atoms with van der Waals surface area (Å²) in [7, 11) is -4.83. The Morgan fingerprint density at radius 3 is 1.93 bits per heavy atom. The Balaban J connectivity index is 4.41. The topological polar surface area (TPSA) is 145 Å². The highest BCUT2D eigenvalue weighted by molar-refractivity contribution is 7.80. The van der Waals surface area contributed by atoms with E-state index in [1.165, 1.54) is 0 Å². The van der Waals surface area contributed by atoms with Crippen LogP contribution in [0.3, 0.4) is 0 Å². The molecule has 0 saturated heterocycles. The zero-order valence-corrected chi connectivity index (χ0v) is 7.83. The van der Waals surface area contributed by atoms with E-state index >= 15 is 0 Å². The van der Waals surface area contributed by atoms with E-state index in [2.05, 4.69) is 4.18 Å². The highest BCUT2D eigenvalue weighted by atomic mass is 32.3. The van der Waals surface area contributed by atoms with Crippen LogP contribution >= 0.6 is 0 Å². The van der Waals surface area contributed by atoms with Gasteiger partial charge in [-0.2, -0.15) is 8.42 Å². The first-order valence-corrected chi connectivity index (χ1v) is 4.92. The largest absolute Gasteiger partial charge is 0.397 e. The summed E-state index contributed by atoms with van der Waals surface area (Å²) in [4.78, 5) is 0. The zero-order valence-electron chi connectivity index (χ0n) is 7.02. The molecule has 86 valence electrons. The summed E-state index contributed by atoms with van der Waals surface area (Å²) < 4.78 is 32.4. The fraction of sp³-hybridized carbons (Fsp3) is 1.00. The molecular formula is C5H12O8S. The van der Waals surface area contributed by atoms with Gasteiger partial charge in [0.25, 0.3) is 0 Å². The Bertz CT molecular complexity index is 248. The summed E-state index contributed by atoms with van der Waals surface area (Å²) in [6, 6.07) is 0. The van der Waals surface area contributed by atoms with Crippen molar-refractivity contribution >= 4 is 10.4 Å². The molecule has 1 unspecified atom stereocenters. The lowest BCUT2D eigenvalue weighted by Crippen LogP contribution is -2.43. The summed E-state index contributed by atoms with van der Waals surface area (Å²) >= 11 is 0. The molecule has 0 spiro atoms. The average Bonchev–Trinajstić information content (AvgIpc) is 2.10. The standard InChI is InChI=1S/C5H12O8S/c6-1-3(8)5(9)4(2-7)13-14(10,11)12/h3-9H,1-2H2,(H,10,11,12)/t3?,4-,5+/m1/s1. The van der Waals surface area contributed by atoms with Crippen LogP contribution in [0, 0.1) is 0 Å². The van der Waals surface area contributed by atoms with E-state index in [-0.39, 0.29) is 0 Å². The normalized spacial score (nSPS) is 18.9. The molecule has 0 aromatic carbocycles. The van der Waals surface area contributed by atoms with Gasteiger partial charge in [-0.3, -0.25) is 4.55 Å². The van der Waals surface area contributed by atoms with Crippen LogP contribution in [0.2, 0.25) is 0 Å². The quantitative estimate of drug-likeness (QED) is 0.302. The van der Waals surface area contributed by atoms with Crippen molar-refractivity contribution in [3.05, 3.63) is 0 Å². The molecule has 0 aliphatic rings. The Kier molecular flexibility index (Phi) is 5.44. The SMILES string of the molecule is O=S(=O)(O)O[C@H](CO)[C@@H](O)C(O)CO. The van der Waals surface area contributed by atoms with Gasteiger partial charge in [0.15, 0.2) is 0 Å². The number of rotatable bonds is 6. The van der Waals surface area contributed by atoms with E-state index in [9.17, 15) is 8.42 Å². The van der Waals surface area contributed by atoms with Gasteiger partial charge in [0.2, 0.25) is 0 Å². The molecule has 0 rings (SSSR count). The van der Waals surface area contributed by atoms with Crippen LogP contribution in [0.15, 0.2) is 0 Å². The summed E-state index contributed by atoms with van der Waals surface area (Å²) in [6.07, 6.45) is -5.23. The summed E-state index contributed by atoms with van der Waals surface area (Å²) in [6.45, 7) is -1.79. The van der Waals surface area contributed by atoms with Crippen LogP contribution < -0.4 is 0 Å². The first-order valence-electron chi connectivity index (χ1n) is 3.55. The number of hydrogen-bond acceptors (Lipinski definition) is 7. The van der Waals surface area contributed by atoms with Gasteiger partial charge in [-0.1, -0.05) is 0 Å². The van der Waals surface area contributed by atoms with Gasteiger partial charge in [0.1, 0.15) is 18.3 Å². The van der Waals surface area contributed by atoms with Gasteiger partial charge in [0, 0.05) is 0 Å². The van der Waals surface area contributed by atoms with Crippen molar-refractivity contribution in [2.24, 2.45) is 0 Å². The van der Waals surface area contributed by atoms with Gasteiger partial charge in [-0.15, -0.1) is 0 Å². The van der Waals surface area contributed by atoms with Crippen molar-refractivity contribution in [2.45, 2.75) is 18.3 Å². The smallest absolute Gasteiger partial charge is 0.394 e. The molecule has 0 fully saturated rings. The fourth-order valence-corrected chi connectivity index (χ4v) is 1.19. The summed E-state index contributed by atoms with van der Waals surface area (Å²) in [5.74, 6) is 0. The molecular weight excluding hydrogens is 220 g/mol. The van der Waals surface area contributed by atoms with E-state index in [0.29, 0.717) is 0 Å². The van der Waals surface area contributed by atoms with Crippen LogP contribution in [0.25, 0.3) is 0 Å². The minimum atomic E-state index is -4.83.